The average Bonchev–Trinajstić information content (AvgIpc) is 2.78. The highest BCUT2D eigenvalue weighted by Gasteiger charge is 2.22. The van der Waals surface area contributed by atoms with Gasteiger partial charge in [-0.15, -0.1) is 0 Å². The molecule has 1 fully saturated rings. The zero-order chi connectivity index (χ0) is 22.4. The van der Waals surface area contributed by atoms with Crippen LogP contribution in [0.15, 0.2) is 36.4 Å². The molecule has 1 saturated heterocycles. The summed E-state index contributed by atoms with van der Waals surface area (Å²) in [5.74, 6) is 0.248. The van der Waals surface area contributed by atoms with Crippen LogP contribution in [0.4, 0.5) is 10.1 Å². The van der Waals surface area contributed by atoms with Gasteiger partial charge in [-0.25, -0.2) is 4.39 Å². The molecule has 1 atom stereocenters. The molecule has 0 spiro atoms. The molecule has 168 valence electrons. The SMILES string of the molecule is COc1cc(N)c(Cl)cc1C(=O)NCC1CCN(CC[C@@H](O)c2ccc(F)cc2)CC1. The van der Waals surface area contributed by atoms with E-state index in [0.717, 1.165) is 38.0 Å². The van der Waals surface area contributed by atoms with Gasteiger partial charge in [-0.05, 0) is 62.0 Å². The van der Waals surface area contributed by atoms with Crippen molar-refractivity contribution in [2.45, 2.75) is 25.4 Å². The number of methoxy groups -OCH3 is 1. The van der Waals surface area contributed by atoms with Gasteiger partial charge in [-0.3, -0.25) is 4.79 Å². The van der Waals surface area contributed by atoms with E-state index in [-0.39, 0.29) is 11.7 Å². The number of aliphatic hydroxyl groups is 1. The van der Waals surface area contributed by atoms with E-state index in [1.165, 1.54) is 25.3 Å². The molecule has 2 aromatic carbocycles. The molecule has 0 aromatic heterocycles. The van der Waals surface area contributed by atoms with Gasteiger partial charge in [0.1, 0.15) is 11.6 Å². The number of likely N-dealkylation sites (tertiary alicyclic amines) is 1. The van der Waals surface area contributed by atoms with Crippen LogP contribution < -0.4 is 15.8 Å². The monoisotopic (exact) mass is 449 g/mol. The van der Waals surface area contributed by atoms with Gasteiger partial charge in [-0.2, -0.15) is 0 Å². The van der Waals surface area contributed by atoms with Gasteiger partial charge in [0.05, 0.1) is 29.5 Å². The third kappa shape index (κ3) is 6.32. The van der Waals surface area contributed by atoms with Crippen LogP contribution in [0.3, 0.4) is 0 Å². The second kappa shape index (κ2) is 10.8. The number of nitrogen functional groups attached to an aromatic ring is 1. The first kappa shape index (κ1) is 23.3. The summed E-state index contributed by atoms with van der Waals surface area (Å²) in [5, 5.41) is 13.6. The van der Waals surface area contributed by atoms with E-state index in [0.29, 0.717) is 40.9 Å². The second-order valence-electron chi connectivity index (χ2n) is 7.93. The van der Waals surface area contributed by atoms with Crippen molar-refractivity contribution in [1.82, 2.24) is 10.2 Å². The lowest BCUT2D eigenvalue weighted by atomic mass is 9.96. The normalized spacial score (nSPS) is 16.1. The smallest absolute Gasteiger partial charge is 0.255 e. The predicted molar refractivity (Wildman–Crippen MR) is 120 cm³/mol. The Balaban J connectivity index is 1.42. The number of rotatable bonds is 8. The molecule has 1 aliphatic rings. The molecule has 0 saturated carbocycles. The highest BCUT2D eigenvalue weighted by molar-refractivity contribution is 6.33. The number of carbonyl (C=O) groups is 1. The Morgan fingerprint density at radius 3 is 2.65 bits per heavy atom. The Labute approximate surface area is 187 Å². The van der Waals surface area contributed by atoms with Crippen molar-refractivity contribution < 1.29 is 19.0 Å². The van der Waals surface area contributed by atoms with Crippen LogP contribution in [0.25, 0.3) is 0 Å². The maximum atomic E-state index is 13.0. The fourth-order valence-corrected chi connectivity index (χ4v) is 3.98. The van der Waals surface area contributed by atoms with E-state index in [2.05, 4.69) is 10.2 Å². The molecular weight excluding hydrogens is 421 g/mol. The molecule has 4 N–H and O–H groups in total. The van der Waals surface area contributed by atoms with Gasteiger partial charge in [0.2, 0.25) is 0 Å². The summed E-state index contributed by atoms with van der Waals surface area (Å²) in [6.45, 7) is 3.18. The number of carbonyl (C=O) groups excluding carboxylic acids is 1. The number of nitrogens with one attached hydrogen (secondary N) is 1. The van der Waals surface area contributed by atoms with Crippen LogP contribution in [-0.2, 0) is 0 Å². The highest BCUT2D eigenvalue weighted by atomic mass is 35.5. The summed E-state index contributed by atoms with van der Waals surface area (Å²) in [6.07, 6.45) is 1.93. The van der Waals surface area contributed by atoms with Crippen LogP contribution in [0.1, 0.15) is 41.3 Å². The molecule has 3 rings (SSSR count). The van der Waals surface area contributed by atoms with Gasteiger partial charge in [0, 0.05) is 19.2 Å². The Kier molecular flexibility index (Phi) is 8.12. The Bertz CT molecular complexity index is 886. The molecular formula is C23H29ClFN3O3. The van der Waals surface area contributed by atoms with Crippen molar-refractivity contribution in [2.75, 3.05) is 39.0 Å². The maximum Gasteiger partial charge on any atom is 0.255 e. The first-order valence-corrected chi connectivity index (χ1v) is 10.8. The molecule has 8 heteroatoms. The zero-order valence-electron chi connectivity index (χ0n) is 17.6. The van der Waals surface area contributed by atoms with Crippen molar-refractivity contribution in [2.24, 2.45) is 5.92 Å². The van der Waals surface area contributed by atoms with Crippen molar-refractivity contribution in [1.29, 1.82) is 0 Å². The standard InChI is InChI=1S/C23H29ClFN3O3/c1-31-22-13-20(26)19(24)12-18(22)23(30)27-14-15-6-9-28(10-7-15)11-8-21(29)16-2-4-17(25)5-3-16/h2-5,12-13,15,21,29H,6-11,14,26H2,1H3,(H,27,30)/t21-/m1/s1. The largest absolute Gasteiger partial charge is 0.496 e. The number of ether oxygens (including phenoxy) is 1. The summed E-state index contributed by atoms with van der Waals surface area (Å²) in [7, 11) is 1.49. The van der Waals surface area contributed by atoms with Crippen LogP contribution in [-0.4, -0.2) is 49.2 Å². The van der Waals surface area contributed by atoms with Crippen molar-refractivity contribution in [3.8, 4) is 5.75 Å². The molecule has 0 aliphatic carbocycles. The fourth-order valence-electron chi connectivity index (χ4n) is 3.82. The molecule has 1 amide bonds. The van der Waals surface area contributed by atoms with E-state index in [1.807, 2.05) is 0 Å². The van der Waals surface area contributed by atoms with Crippen molar-refractivity contribution in [3.05, 3.63) is 58.4 Å². The fraction of sp³-hybridized carbons (Fsp3) is 0.435. The first-order chi connectivity index (χ1) is 14.9. The van der Waals surface area contributed by atoms with Gasteiger partial charge in [0.15, 0.2) is 0 Å². The Morgan fingerprint density at radius 2 is 2.00 bits per heavy atom. The number of piperidine rings is 1. The lowest BCUT2D eigenvalue weighted by molar-refractivity contribution is 0.0925. The number of hydrogen-bond donors (Lipinski definition) is 3. The van der Waals surface area contributed by atoms with E-state index >= 15 is 0 Å². The predicted octanol–water partition coefficient (Wildman–Crippen LogP) is 3.64. The van der Waals surface area contributed by atoms with Gasteiger partial charge < -0.3 is 25.8 Å². The summed E-state index contributed by atoms with van der Waals surface area (Å²) >= 11 is 6.05. The summed E-state index contributed by atoms with van der Waals surface area (Å²) in [4.78, 5) is 14.9. The number of nitrogens with two attached hydrogens (primary N) is 1. The van der Waals surface area contributed by atoms with Gasteiger partial charge in [-0.1, -0.05) is 23.7 Å². The molecule has 0 bridgehead atoms. The number of halogens is 2. The van der Waals surface area contributed by atoms with Crippen molar-refractivity contribution in [3.63, 3.8) is 0 Å². The molecule has 1 aliphatic heterocycles. The quantitative estimate of drug-likeness (QED) is 0.535. The number of amides is 1. The summed E-state index contributed by atoms with van der Waals surface area (Å²) in [6, 6.07) is 9.06. The number of nitrogens with zero attached hydrogens (tertiary/aromatic N) is 1. The molecule has 0 unspecified atom stereocenters. The molecule has 0 radical (unpaired) electrons. The van der Waals surface area contributed by atoms with Crippen LogP contribution >= 0.6 is 11.6 Å². The van der Waals surface area contributed by atoms with Crippen molar-refractivity contribution >= 4 is 23.2 Å². The van der Waals surface area contributed by atoms with E-state index in [9.17, 15) is 14.3 Å². The first-order valence-electron chi connectivity index (χ1n) is 10.4. The number of hydrogen-bond acceptors (Lipinski definition) is 5. The number of benzene rings is 2. The van der Waals surface area contributed by atoms with E-state index < -0.39 is 6.10 Å². The minimum atomic E-state index is -0.598. The summed E-state index contributed by atoms with van der Waals surface area (Å²) in [5.41, 5.74) is 7.24. The molecule has 1 heterocycles. The molecule has 6 nitrogen and oxygen atoms in total. The second-order valence-corrected chi connectivity index (χ2v) is 8.33. The lowest BCUT2D eigenvalue weighted by Crippen LogP contribution is -2.39. The van der Waals surface area contributed by atoms with Crippen LogP contribution in [0.2, 0.25) is 5.02 Å². The maximum absolute atomic E-state index is 13.0. The highest BCUT2D eigenvalue weighted by Crippen LogP contribution is 2.29. The lowest BCUT2D eigenvalue weighted by Gasteiger charge is -2.32. The minimum Gasteiger partial charge on any atom is -0.496 e. The zero-order valence-corrected chi connectivity index (χ0v) is 18.4. The van der Waals surface area contributed by atoms with Gasteiger partial charge >= 0.3 is 0 Å². The summed E-state index contributed by atoms with van der Waals surface area (Å²) < 4.78 is 18.3. The average molecular weight is 450 g/mol. The topological polar surface area (TPSA) is 87.8 Å². The minimum absolute atomic E-state index is 0.233. The molecule has 2 aromatic rings. The third-order valence-electron chi connectivity index (χ3n) is 5.80. The van der Waals surface area contributed by atoms with Gasteiger partial charge in [0.25, 0.3) is 5.91 Å². The number of anilines is 1. The van der Waals surface area contributed by atoms with Crippen LogP contribution in [0.5, 0.6) is 5.75 Å². The van der Waals surface area contributed by atoms with E-state index in [4.69, 9.17) is 22.1 Å². The van der Waals surface area contributed by atoms with Crippen LogP contribution in [0, 0.1) is 11.7 Å². The molecule has 31 heavy (non-hydrogen) atoms. The third-order valence-corrected chi connectivity index (χ3v) is 6.12. The Morgan fingerprint density at radius 1 is 1.32 bits per heavy atom. The van der Waals surface area contributed by atoms with E-state index in [1.54, 1.807) is 18.2 Å². The number of aliphatic hydroxyl groups excluding tert-OH is 1. The Hall–Kier alpha value is -2.35.